The summed E-state index contributed by atoms with van der Waals surface area (Å²) in [6.45, 7) is 14.2. The summed E-state index contributed by atoms with van der Waals surface area (Å²) >= 11 is 0. The van der Waals surface area contributed by atoms with Crippen LogP contribution in [0, 0.1) is 0 Å². The largest absolute Gasteiger partial charge is 1.00 e. The number of hydrogen-bond acceptors (Lipinski definition) is 3. The number of phenolic OH excluding ortho intramolecular Hbond substituents is 2. The summed E-state index contributed by atoms with van der Waals surface area (Å²) in [5.41, 5.74) is 0. The minimum absolute atomic E-state index is 0. The van der Waals surface area contributed by atoms with E-state index in [1.54, 1.807) is 48.5 Å². The highest BCUT2D eigenvalue weighted by Crippen LogP contribution is 2.03. The average molecular weight is 323 g/mol. The van der Waals surface area contributed by atoms with Crippen molar-refractivity contribution in [2.45, 2.75) is 48.0 Å². The van der Waals surface area contributed by atoms with Gasteiger partial charge < -0.3 is 15.0 Å². The molecule has 2 aromatic rings. The van der Waals surface area contributed by atoms with E-state index in [2.05, 4.69) is 13.8 Å². The molecule has 2 N–H and O–H groups in total. The van der Waals surface area contributed by atoms with Crippen LogP contribution < -0.4 is 0 Å². The van der Waals surface area contributed by atoms with Crippen molar-refractivity contribution in [2.75, 3.05) is 0 Å². The van der Waals surface area contributed by atoms with Crippen molar-refractivity contribution in [3.05, 3.63) is 60.7 Å². The molecule has 0 spiro atoms. The van der Waals surface area contributed by atoms with Crippen LogP contribution in [-0.2, 0) is 4.79 Å². The summed E-state index contributed by atoms with van der Waals surface area (Å²) in [7, 11) is 0. The number of benzene rings is 2. The van der Waals surface area contributed by atoms with E-state index in [-0.39, 0.29) is 1.43 Å². The summed E-state index contributed by atoms with van der Waals surface area (Å²) < 4.78 is 0. The Morgan fingerprint density at radius 3 is 0.957 bits per heavy atom. The maximum absolute atomic E-state index is 8.63. The summed E-state index contributed by atoms with van der Waals surface area (Å²) in [6, 6.07) is 17.4. The Labute approximate surface area is 144 Å². The second-order valence-corrected chi connectivity index (χ2v) is 3.38. The lowest BCUT2D eigenvalue weighted by atomic mass is 10.3. The number of carbonyl (C=O) groups excluding carboxylic acids is 1. The van der Waals surface area contributed by atoms with Crippen LogP contribution in [0.25, 0.3) is 0 Å². The van der Waals surface area contributed by atoms with Gasteiger partial charge in [-0.05, 0) is 24.3 Å². The Morgan fingerprint density at radius 2 is 0.870 bits per heavy atom. The molecule has 0 heterocycles. The van der Waals surface area contributed by atoms with Gasteiger partial charge in [0.1, 0.15) is 18.3 Å². The molecule has 0 radical (unpaired) electrons. The van der Waals surface area contributed by atoms with Crippen molar-refractivity contribution >= 4 is 6.79 Å². The second kappa shape index (κ2) is 31.9. The van der Waals surface area contributed by atoms with Gasteiger partial charge in [-0.1, -0.05) is 84.4 Å². The third-order valence-electron chi connectivity index (χ3n) is 1.51. The van der Waals surface area contributed by atoms with E-state index in [4.69, 9.17) is 15.0 Å². The standard InChI is InChI=1S/2C6H6O.C3H8.2C2H6.CH2O/c2*7-6-4-2-1-3-5-6;1-3-2;3*1-2/h2*1-5,7H;3H2,1-2H3;2*1-2H3;1H2/p+1. The van der Waals surface area contributed by atoms with Crippen LogP contribution in [0.1, 0.15) is 49.4 Å². The van der Waals surface area contributed by atoms with Gasteiger partial charge in [0.25, 0.3) is 0 Å². The maximum Gasteiger partial charge on any atom is 1.00 e. The van der Waals surface area contributed by atoms with E-state index >= 15 is 0 Å². The maximum atomic E-state index is 8.63. The molecule has 0 amide bonds. The highest BCUT2D eigenvalue weighted by Gasteiger charge is 1.75. The normalized spacial score (nSPS) is 6.70. The minimum atomic E-state index is 0. The zero-order valence-corrected chi connectivity index (χ0v) is 15.5. The molecule has 0 aliphatic rings. The highest BCUT2D eigenvalue weighted by molar-refractivity contribution is 5.19. The molecule has 0 fully saturated rings. The Morgan fingerprint density at radius 1 is 0.696 bits per heavy atom. The van der Waals surface area contributed by atoms with E-state index in [0.717, 1.165) is 0 Å². The number of rotatable bonds is 0. The summed E-state index contributed by atoms with van der Waals surface area (Å²) in [5, 5.41) is 17.3. The van der Waals surface area contributed by atoms with Crippen molar-refractivity contribution in [1.82, 2.24) is 0 Å². The Hall–Kier alpha value is -2.29. The SMILES string of the molecule is C=O.CC.CC.CCC.Oc1ccccc1.Oc1ccccc1.[H+]. The summed E-state index contributed by atoms with van der Waals surface area (Å²) in [4.78, 5) is 8.00. The van der Waals surface area contributed by atoms with Crippen LogP contribution in [0.5, 0.6) is 11.5 Å². The molecule has 2 aromatic carbocycles. The van der Waals surface area contributed by atoms with E-state index in [0.29, 0.717) is 11.5 Å². The first-order chi connectivity index (χ1) is 11.2. The molecule has 0 aliphatic carbocycles. The van der Waals surface area contributed by atoms with Crippen LogP contribution >= 0.6 is 0 Å². The minimum Gasteiger partial charge on any atom is -0.508 e. The Balaban J connectivity index is -0.0000000668. The molecule has 0 saturated heterocycles. The van der Waals surface area contributed by atoms with Gasteiger partial charge in [-0.2, -0.15) is 0 Å². The van der Waals surface area contributed by atoms with Crippen molar-refractivity contribution in [1.29, 1.82) is 0 Å². The zero-order chi connectivity index (χ0) is 18.9. The fourth-order valence-corrected chi connectivity index (χ4v) is 0.856. The Kier molecular flexibility index (Phi) is 39.9. The number of carbonyl (C=O) groups is 1. The highest BCUT2D eigenvalue weighted by atomic mass is 16.3. The lowest BCUT2D eigenvalue weighted by molar-refractivity contribution is -0.0979. The van der Waals surface area contributed by atoms with E-state index in [1.165, 1.54) is 6.42 Å². The third kappa shape index (κ3) is 32.9. The van der Waals surface area contributed by atoms with Gasteiger partial charge in [0.2, 0.25) is 0 Å². The first-order valence-electron chi connectivity index (χ1n) is 7.97. The quantitative estimate of drug-likeness (QED) is 0.608. The smallest absolute Gasteiger partial charge is 0.508 e. The Bertz CT molecular complexity index is 343. The van der Waals surface area contributed by atoms with Gasteiger partial charge in [0.15, 0.2) is 0 Å². The number of aromatic hydroxyl groups is 2. The molecular weight excluding hydrogens is 288 g/mol. The molecule has 23 heavy (non-hydrogen) atoms. The predicted octanol–water partition coefficient (Wildman–Crippen LogP) is 6.18. The van der Waals surface area contributed by atoms with Gasteiger partial charge in [-0.25, -0.2) is 0 Å². The number of phenols is 2. The predicted molar refractivity (Wildman–Crippen MR) is 103 cm³/mol. The van der Waals surface area contributed by atoms with Crippen molar-refractivity contribution in [3.8, 4) is 11.5 Å². The van der Waals surface area contributed by atoms with Crippen LogP contribution in [0.15, 0.2) is 60.7 Å². The molecule has 3 heteroatoms. The fourth-order valence-electron chi connectivity index (χ4n) is 0.856. The van der Waals surface area contributed by atoms with Crippen molar-refractivity contribution in [2.24, 2.45) is 0 Å². The van der Waals surface area contributed by atoms with Crippen LogP contribution in [0.4, 0.5) is 0 Å². The molecule has 0 aromatic heterocycles. The fraction of sp³-hybridized carbons (Fsp3) is 0.350. The lowest BCUT2D eigenvalue weighted by Gasteiger charge is -1.82. The van der Waals surface area contributed by atoms with Crippen LogP contribution in [0.3, 0.4) is 0 Å². The van der Waals surface area contributed by atoms with Gasteiger partial charge >= 0.3 is 1.43 Å². The lowest BCUT2D eigenvalue weighted by Crippen LogP contribution is -1.56. The molecule has 3 nitrogen and oxygen atoms in total. The first kappa shape index (κ1) is 28.8. The monoisotopic (exact) mass is 323 g/mol. The zero-order valence-electron chi connectivity index (χ0n) is 16.5. The van der Waals surface area contributed by atoms with E-state index in [9.17, 15) is 0 Å². The first-order valence-corrected chi connectivity index (χ1v) is 7.97. The number of para-hydroxylation sites is 2. The molecular formula is C20H35O3+. The van der Waals surface area contributed by atoms with Crippen molar-refractivity contribution < 1.29 is 16.4 Å². The topological polar surface area (TPSA) is 57.5 Å². The molecule has 0 aliphatic heterocycles. The van der Waals surface area contributed by atoms with Gasteiger partial charge in [-0.3, -0.25) is 0 Å². The van der Waals surface area contributed by atoms with Crippen LogP contribution in [0.2, 0.25) is 0 Å². The van der Waals surface area contributed by atoms with Crippen molar-refractivity contribution in [3.63, 3.8) is 0 Å². The van der Waals surface area contributed by atoms with E-state index < -0.39 is 0 Å². The average Bonchev–Trinajstić information content (AvgIpc) is 2.63. The summed E-state index contributed by atoms with van der Waals surface area (Å²) in [5.74, 6) is 0.644. The van der Waals surface area contributed by atoms with Gasteiger partial charge in [0, 0.05) is 0 Å². The molecule has 0 atom stereocenters. The van der Waals surface area contributed by atoms with E-state index in [1.807, 2.05) is 46.6 Å². The van der Waals surface area contributed by atoms with Gasteiger partial charge in [0.05, 0.1) is 0 Å². The summed E-state index contributed by atoms with van der Waals surface area (Å²) in [6.07, 6.45) is 1.25. The molecule has 2 rings (SSSR count). The molecule has 0 saturated carbocycles. The molecule has 132 valence electrons. The number of hydrogen-bond donors (Lipinski definition) is 2. The van der Waals surface area contributed by atoms with Crippen LogP contribution in [-0.4, -0.2) is 17.0 Å². The molecule has 0 unspecified atom stereocenters. The second-order valence-electron chi connectivity index (χ2n) is 3.38. The van der Waals surface area contributed by atoms with Gasteiger partial charge in [-0.15, -0.1) is 0 Å². The third-order valence-corrected chi connectivity index (χ3v) is 1.51. The molecule has 0 bridgehead atoms.